The Morgan fingerprint density at radius 1 is 1.11 bits per heavy atom. The Kier molecular flexibility index (Phi) is 6.54. The molecular weight excluding hydrogens is 340 g/mol. The highest BCUT2D eigenvalue weighted by molar-refractivity contribution is 5.88. The number of benzene rings is 1. The first-order chi connectivity index (χ1) is 13.1. The predicted octanol–water partition coefficient (Wildman–Crippen LogP) is -0.478. The largest absolute Gasteiger partial charge is 0.341 e. The molecule has 1 aliphatic heterocycles. The topological polar surface area (TPSA) is 68.0 Å². The number of pyridine rings is 1. The molecule has 2 heterocycles. The summed E-state index contributed by atoms with van der Waals surface area (Å²) in [4.78, 5) is 31.2. The number of piperazine rings is 1. The number of nitrogens with zero attached hydrogens (tertiary/aromatic N) is 1. The van der Waals surface area contributed by atoms with Crippen LogP contribution in [0.3, 0.4) is 0 Å². The van der Waals surface area contributed by atoms with Crippen molar-refractivity contribution in [3.05, 3.63) is 60.3 Å². The number of aromatic amines is 1. The third-order valence-corrected chi connectivity index (χ3v) is 5.02. The van der Waals surface area contributed by atoms with E-state index in [0.29, 0.717) is 13.0 Å². The molecule has 0 unspecified atom stereocenters. The molecule has 27 heavy (non-hydrogen) atoms. The van der Waals surface area contributed by atoms with Crippen molar-refractivity contribution >= 4 is 17.5 Å². The van der Waals surface area contributed by atoms with E-state index >= 15 is 0 Å². The molecule has 6 heteroatoms. The quantitative estimate of drug-likeness (QED) is 0.694. The number of aromatic nitrogens is 1. The molecule has 0 radical (unpaired) electrons. The van der Waals surface area contributed by atoms with Crippen LogP contribution in [0.4, 0.5) is 5.82 Å². The van der Waals surface area contributed by atoms with Crippen LogP contribution in [0.5, 0.6) is 0 Å². The smallest absolute Gasteiger partial charge is 0.275 e. The summed E-state index contributed by atoms with van der Waals surface area (Å²) in [6.07, 6.45) is 2.46. The second-order valence-corrected chi connectivity index (χ2v) is 7.08. The summed E-state index contributed by atoms with van der Waals surface area (Å²) in [5.41, 5.74) is 1.05. The van der Waals surface area contributed by atoms with Gasteiger partial charge in [-0.05, 0) is 25.0 Å². The summed E-state index contributed by atoms with van der Waals surface area (Å²) in [6, 6.07) is 15.4. The maximum absolute atomic E-state index is 12.5. The number of hydrogen-bond acceptors (Lipinski definition) is 3. The fraction of sp³-hybridized carbons (Fsp3) is 0.381. The van der Waals surface area contributed by atoms with E-state index in [2.05, 4.69) is 21.3 Å². The number of rotatable bonds is 7. The molecule has 1 aromatic heterocycles. The number of quaternary nitrogens is 1. The van der Waals surface area contributed by atoms with Crippen LogP contribution < -0.4 is 20.1 Å². The summed E-state index contributed by atoms with van der Waals surface area (Å²) in [5, 5.41) is 2.93. The predicted molar refractivity (Wildman–Crippen MR) is 104 cm³/mol. The van der Waals surface area contributed by atoms with Crippen LogP contribution in [0.2, 0.25) is 0 Å². The fourth-order valence-electron chi connectivity index (χ4n) is 3.44. The minimum Gasteiger partial charge on any atom is -0.341 e. The lowest BCUT2D eigenvalue weighted by atomic mass is 10.0. The van der Waals surface area contributed by atoms with E-state index in [0.717, 1.165) is 37.6 Å². The Hall–Kier alpha value is -2.73. The van der Waals surface area contributed by atoms with Crippen molar-refractivity contribution in [2.75, 3.05) is 37.6 Å². The molecule has 3 rings (SSSR count). The zero-order valence-corrected chi connectivity index (χ0v) is 15.8. The van der Waals surface area contributed by atoms with Crippen LogP contribution in [0.25, 0.3) is 0 Å². The van der Waals surface area contributed by atoms with E-state index < -0.39 is 6.04 Å². The molecule has 1 atom stereocenters. The average Bonchev–Trinajstić information content (AvgIpc) is 2.69. The molecule has 6 nitrogen and oxygen atoms in total. The SMILES string of the molecule is CC(=O)[C@@H](Cc1ccccc1)NC(=O)C[NH+]1CCN(c2cccc[nH+]2)CC1. The molecule has 0 aliphatic carbocycles. The number of carbonyl (C=O) groups excluding carboxylic acids is 2. The van der Waals surface area contributed by atoms with Crippen molar-refractivity contribution in [3.63, 3.8) is 0 Å². The van der Waals surface area contributed by atoms with Gasteiger partial charge in [-0.2, -0.15) is 0 Å². The second-order valence-electron chi connectivity index (χ2n) is 7.08. The summed E-state index contributed by atoms with van der Waals surface area (Å²) in [6.45, 7) is 5.56. The van der Waals surface area contributed by atoms with E-state index in [-0.39, 0.29) is 11.7 Å². The minimum absolute atomic E-state index is 0.00774. The van der Waals surface area contributed by atoms with Gasteiger partial charge in [-0.1, -0.05) is 36.4 Å². The van der Waals surface area contributed by atoms with Crippen molar-refractivity contribution in [1.29, 1.82) is 0 Å². The Morgan fingerprint density at radius 3 is 2.44 bits per heavy atom. The number of anilines is 1. The number of ketones is 1. The molecule has 1 aromatic carbocycles. The van der Waals surface area contributed by atoms with Gasteiger partial charge in [-0.15, -0.1) is 0 Å². The normalized spacial score (nSPS) is 16.0. The number of carbonyl (C=O) groups is 2. The minimum atomic E-state index is -0.459. The van der Waals surface area contributed by atoms with E-state index in [9.17, 15) is 9.59 Å². The van der Waals surface area contributed by atoms with Gasteiger partial charge in [0.05, 0.1) is 12.2 Å². The van der Waals surface area contributed by atoms with Gasteiger partial charge in [0, 0.05) is 6.07 Å². The van der Waals surface area contributed by atoms with Crippen molar-refractivity contribution < 1.29 is 19.5 Å². The number of hydrogen-bond donors (Lipinski definition) is 2. The maximum atomic E-state index is 12.5. The van der Waals surface area contributed by atoms with Crippen LogP contribution in [0, 0.1) is 0 Å². The number of Topliss-reactive ketones (excluding diaryl/α,β-unsaturated/α-hetero) is 1. The van der Waals surface area contributed by atoms with E-state index in [1.54, 1.807) is 0 Å². The van der Waals surface area contributed by atoms with E-state index in [1.807, 2.05) is 48.7 Å². The molecule has 1 saturated heterocycles. The Balaban J connectivity index is 1.48. The summed E-state index contributed by atoms with van der Waals surface area (Å²) < 4.78 is 0. The molecule has 1 aliphatic rings. The summed E-state index contributed by atoms with van der Waals surface area (Å²) in [7, 11) is 0. The summed E-state index contributed by atoms with van der Waals surface area (Å²) in [5.74, 6) is 1.05. The lowest BCUT2D eigenvalue weighted by Crippen LogP contribution is -3.16. The fourth-order valence-corrected chi connectivity index (χ4v) is 3.44. The summed E-state index contributed by atoms with van der Waals surface area (Å²) >= 11 is 0. The molecule has 142 valence electrons. The van der Waals surface area contributed by atoms with Gasteiger partial charge < -0.3 is 10.2 Å². The standard InChI is InChI=1S/C21H26N4O2/c1-17(26)19(15-18-7-3-2-4-8-18)23-21(27)16-24-11-13-25(14-12-24)20-9-5-6-10-22-20/h2-10,19H,11-16H2,1H3,(H,23,27)/p+2/t19-/m1/s1. The Bertz CT molecular complexity index is 743. The third-order valence-electron chi connectivity index (χ3n) is 5.02. The lowest BCUT2D eigenvalue weighted by Gasteiger charge is -2.28. The Morgan fingerprint density at radius 2 is 1.81 bits per heavy atom. The van der Waals surface area contributed by atoms with Gasteiger partial charge in [0.1, 0.15) is 26.2 Å². The number of H-pyrrole nitrogens is 1. The first-order valence-electron chi connectivity index (χ1n) is 9.51. The number of nitrogens with one attached hydrogen (secondary N) is 3. The average molecular weight is 368 g/mol. The van der Waals surface area contributed by atoms with Crippen LogP contribution in [-0.4, -0.2) is 50.5 Å². The highest BCUT2D eigenvalue weighted by Gasteiger charge is 2.28. The monoisotopic (exact) mass is 368 g/mol. The molecule has 0 saturated carbocycles. The second kappa shape index (κ2) is 9.28. The van der Waals surface area contributed by atoms with Crippen LogP contribution in [0.1, 0.15) is 12.5 Å². The molecular formula is C21H28N4O2+2. The van der Waals surface area contributed by atoms with Gasteiger partial charge in [0.15, 0.2) is 12.3 Å². The third kappa shape index (κ3) is 5.62. The van der Waals surface area contributed by atoms with Crippen molar-refractivity contribution in [2.24, 2.45) is 0 Å². The molecule has 1 fully saturated rings. The first-order valence-corrected chi connectivity index (χ1v) is 9.51. The molecule has 0 bridgehead atoms. The van der Waals surface area contributed by atoms with Gasteiger partial charge in [0.2, 0.25) is 0 Å². The highest BCUT2D eigenvalue weighted by atomic mass is 16.2. The number of amides is 1. The van der Waals surface area contributed by atoms with E-state index in [1.165, 1.54) is 11.8 Å². The zero-order chi connectivity index (χ0) is 19.1. The van der Waals surface area contributed by atoms with Crippen LogP contribution in [-0.2, 0) is 16.0 Å². The van der Waals surface area contributed by atoms with Gasteiger partial charge in [-0.3, -0.25) is 14.5 Å². The molecule has 3 N–H and O–H groups in total. The van der Waals surface area contributed by atoms with Gasteiger partial charge in [-0.25, -0.2) is 4.98 Å². The van der Waals surface area contributed by atoms with E-state index in [4.69, 9.17) is 0 Å². The first kappa shape index (κ1) is 19.0. The van der Waals surface area contributed by atoms with Crippen molar-refractivity contribution in [2.45, 2.75) is 19.4 Å². The molecule has 2 aromatic rings. The maximum Gasteiger partial charge on any atom is 0.275 e. The van der Waals surface area contributed by atoms with Gasteiger partial charge in [0.25, 0.3) is 11.7 Å². The Labute approximate surface area is 160 Å². The lowest BCUT2D eigenvalue weighted by molar-refractivity contribution is -0.892. The van der Waals surface area contributed by atoms with Crippen molar-refractivity contribution in [3.8, 4) is 0 Å². The van der Waals surface area contributed by atoms with Crippen molar-refractivity contribution in [1.82, 2.24) is 5.32 Å². The zero-order valence-electron chi connectivity index (χ0n) is 15.8. The molecule has 0 spiro atoms. The van der Waals surface area contributed by atoms with Crippen LogP contribution >= 0.6 is 0 Å². The van der Waals surface area contributed by atoms with Gasteiger partial charge >= 0.3 is 0 Å². The molecule has 1 amide bonds. The highest BCUT2D eigenvalue weighted by Crippen LogP contribution is 2.05. The van der Waals surface area contributed by atoms with Crippen LogP contribution in [0.15, 0.2) is 54.7 Å².